The van der Waals surface area contributed by atoms with E-state index in [0.717, 1.165) is 10.7 Å². The molecule has 6 nitrogen and oxygen atoms in total. The summed E-state index contributed by atoms with van der Waals surface area (Å²) in [6, 6.07) is 2.17. The van der Waals surface area contributed by atoms with Gasteiger partial charge in [0.2, 0.25) is 0 Å². The summed E-state index contributed by atoms with van der Waals surface area (Å²) in [6.07, 6.45) is 0.303. The van der Waals surface area contributed by atoms with Crippen molar-refractivity contribution in [1.82, 2.24) is 14.3 Å². The minimum absolute atomic E-state index is 0.00361. The fourth-order valence-electron chi connectivity index (χ4n) is 2.02. The minimum Gasteiger partial charge on any atom is -0.461 e. The molecule has 1 aromatic carbocycles. The van der Waals surface area contributed by atoms with Gasteiger partial charge < -0.3 is 4.74 Å². The SMILES string of the molecule is C=C(C)Oc1cc(-n2c(=O)c(CC)nn(C)c2=O)c(F)cc1Cl. The predicted molar refractivity (Wildman–Crippen MR) is 84.9 cm³/mol. The standard InChI is InChI=1S/C15H15ClFN3O3/c1-5-11-14(21)20(15(22)19(4)18-11)12-7-13(23-8(2)3)9(16)6-10(12)17/h6-7H,2,5H2,1,3-4H3. The van der Waals surface area contributed by atoms with Crippen LogP contribution >= 0.6 is 11.6 Å². The highest BCUT2D eigenvalue weighted by atomic mass is 35.5. The molecule has 0 fully saturated rings. The normalized spacial score (nSPS) is 10.7. The molecule has 1 aromatic heterocycles. The zero-order valence-corrected chi connectivity index (χ0v) is 13.6. The first-order valence-electron chi connectivity index (χ1n) is 6.78. The van der Waals surface area contributed by atoms with Gasteiger partial charge >= 0.3 is 5.69 Å². The Morgan fingerprint density at radius 3 is 2.65 bits per heavy atom. The molecule has 0 aliphatic heterocycles. The molecule has 0 saturated carbocycles. The number of allylic oxidation sites excluding steroid dienone is 1. The van der Waals surface area contributed by atoms with Crippen LogP contribution in [0.15, 0.2) is 34.1 Å². The summed E-state index contributed by atoms with van der Waals surface area (Å²) in [7, 11) is 1.39. The van der Waals surface area contributed by atoms with Crippen molar-refractivity contribution >= 4 is 11.6 Å². The van der Waals surface area contributed by atoms with Gasteiger partial charge in [0.15, 0.2) is 0 Å². The van der Waals surface area contributed by atoms with E-state index in [0.29, 0.717) is 16.7 Å². The first-order chi connectivity index (χ1) is 10.8. The molecule has 0 radical (unpaired) electrons. The molecule has 0 saturated heterocycles. The number of nitrogens with zero attached hydrogens (tertiary/aromatic N) is 3. The van der Waals surface area contributed by atoms with Crippen molar-refractivity contribution in [3.63, 3.8) is 0 Å². The van der Waals surface area contributed by atoms with Crippen molar-refractivity contribution in [3.05, 3.63) is 61.8 Å². The van der Waals surface area contributed by atoms with E-state index in [1.54, 1.807) is 13.8 Å². The van der Waals surface area contributed by atoms with Crippen LogP contribution in [-0.2, 0) is 13.5 Å². The Labute approximate surface area is 136 Å². The summed E-state index contributed by atoms with van der Waals surface area (Å²) in [5.74, 6) is -0.399. The van der Waals surface area contributed by atoms with E-state index in [1.807, 2.05) is 0 Å². The Kier molecular flexibility index (Phi) is 4.70. The molecule has 0 unspecified atom stereocenters. The Bertz CT molecular complexity index is 902. The number of ether oxygens (including phenoxy) is 1. The van der Waals surface area contributed by atoms with Crippen LogP contribution in [0.5, 0.6) is 5.75 Å². The minimum atomic E-state index is -0.823. The number of rotatable bonds is 4. The lowest BCUT2D eigenvalue weighted by Gasteiger charge is -2.13. The summed E-state index contributed by atoms with van der Waals surface area (Å²) in [5.41, 5.74) is -1.56. The fourth-order valence-corrected chi connectivity index (χ4v) is 2.21. The van der Waals surface area contributed by atoms with Crippen LogP contribution in [0.3, 0.4) is 0 Å². The number of aryl methyl sites for hydroxylation is 2. The van der Waals surface area contributed by atoms with Crippen LogP contribution in [0.4, 0.5) is 4.39 Å². The van der Waals surface area contributed by atoms with Gasteiger partial charge in [-0.15, -0.1) is 0 Å². The topological polar surface area (TPSA) is 66.1 Å². The van der Waals surface area contributed by atoms with E-state index in [4.69, 9.17) is 16.3 Å². The van der Waals surface area contributed by atoms with Gasteiger partial charge in [-0.1, -0.05) is 25.1 Å². The van der Waals surface area contributed by atoms with E-state index < -0.39 is 17.1 Å². The van der Waals surface area contributed by atoms with Crippen molar-refractivity contribution in [2.45, 2.75) is 20.3 Å². The molecule has 2 rings (SSSR count). The Hall–Kier alpha value is -2.41. The van der Waals surface area contributed by atoms with Gasteiger partial charge in [0.25, 0.3) is 5.56 Å². The number of halogens is 2. The van der Waals surface area contributed by atoms with Crippen molar-refractivity contribution in [2.24, 2.45) is 7.05 Å². The van der Waals surface area contributed by atoms with Crippen molar-refractivity contribution in [1.29, 1.82) is 0 Å². The maximum absolute atomic E-state index is 14.3. The summed E-state index contributed by atoms with van der Waals surface area (Å²) in [5, 5.41) is 3.88. The highest BCUT2D eigenvalue weighted by Gasteiger charge is 2.18. The van der Waals surface area contributed by atoms with Crippen LogP contribution in [-0.4, -0.2) is 14.3 Å². The zero-order valence-electron chi connectivity index (χ0n) is 12.9. The maximum Gasteiger partial charge on any atom is 0.351 e. The number of aromatic nitrogens is 3. The molecule has 0 N–H and O–H groups in total. The van der Waals surface area contributed by atoms with Crippen LogP contribution in [0.25, 0.3) is 5.69 Å². The van der Waals surface area contributed by atoms with E-state index >= 15 is 0 Å². The summed E-state index contributed by atoms with van der Waals surface area (Å²) in [6.45, 7) is 6.88. The van der Waals surface area contributed by atoms with Gasteiger partial charge in [-0.25, -0.2) is 18.4 Å². The molecule has 8 heteroatoms. The van der Waals surface area contributed by atoms with Gasteiger partial charge in [0.1, 0.15) is 17.3 Å². The second kappa shape index (κ2) is 6.37. The molecule has 0 amide bonds. The quantitative estimate of drug-likeness (QED) is 0.801. The largest absolute Gasteiger partial charge is 0.461 e. The summed E-state index contributed by atoms with van der Waals surface area (Å²) in [4.78, 5) is 24.6. The molecule has 0 aliphatic carbocycles. The number of hydrogen-bond acceptors (Lipinski definition) is 4. The van der Waals surface area contributed by atoms with Crippen LogP contribution < -0.4 is 16.0 Å². The van der Waals surface area contributed by atoms with Crippen LogP contribution in [0, 0.1) is 5.82 Å². The molecule has 1 heterocycles. The van der Waals surface area contributed by atoms with E-state index in [1.165, 1.54) is 13.1 Å². The monoisotopic (exact) mass is 339 g/mol. The molecule has 2 aromatic rings. The summed E-state index contributed by atoms with van der Waals surface area (Å²) < 4.78 is 21.3. The van der Waals surface area contributed by atoms with Gasteiger partial charge in [0, 0.05) is 13.1 Å². The number of hydrogen-bond donors (Lipinski definition) is 0. The highest BCUT2D eigenvalue weighted by Crippen LogP contribution is 2.30. The van der Waals surface area contributed by atoms with Gasteiger partial charge in [-0.2, -0.15) is 5.10 Å². The van der Waals surface area contributed by atoms with Crippen LogP contribution in [0.1, 0.15) is 19.5 Å². The molecule has 0 bridgehead atoms. The maximum atomic E-state index is 14.3. The Morgan fingerprint density at radius 2 is 2.09 bits per heavy atom. The van der Waals surface area contributed by atoms with Crippen molar-refractivity contribution in [3.8, 4) is 11.4 Å². The first-order valence-corrected chi connectivity index (χ1v) is 7.16. The van der Waals surface area contributed by atoms with Crippen LogP contribution in [0.2, 0.25) is 5.02 Å². The molecular formula is C15H15ClFN3O3. The lowest BCUT2D eigenvalue weighted by Crippen LogP contribution is -2.41. The number of benzene rings is 1. The smallest absolute Gasteiger partial charge is 0.351 e. The fraction of sp³-hybridized carbons (Fsp3) is 0.267. The molecule has 0 atom stereocenters. The third kappa shape index (κ3) is 3.19. The predicted octanol–water partition coefficient (Wildman–Crippen LogP) is 2.20. The highest BCUT2D eigenvalue weighted by molar-refractivity contribution is 6.32. The molecule has 23 heavy (non-hydrogen) atoms. The second-order valence-electron chi connectivity index (χ2n) is 4.89. The van der Waals surface area contributed by atoms with Gasteiger partial charge in [-0.05, 0) is 19.4 Å². The average Bonchev–Trinajstić information content (AvgIpc) is 2.47. The third-order valence-corrected chi connectivity index (χ3v) is 3.35. The Balaban J connectivity index is 2.82. The molecule has 0 spiro atoms. The van der Waals surface area contributed by atoms with E-state index in [9.17, 15) is 14.0 Å². The molecule has 122 valence electrons. The lowest BCUT2D eigenvalue weighted by molar-refractivity contribution is 0.428. The second-order valence-corrected chi connectivity index (χ2v) is 5.29. The lowest BCUT2D eigenvalue weighted by atomic mass is 10.2. The van der Waals surface area contributed by atoms with Crippen molar-refractivity contribution < 1.29 is 9.13 Å². The van der Waals surface area contributed by atoms with E-state index in [-0.39, 0.29) is 22.2 Å². The third-order valence-electron chi connectivity index (χ3n) is 3.05. The summed E-state index contributed by atoms with van der Waals surface area (Å²) >= 11 is 5.91. The Morgan fingerprint density at radius 1 is 1.43 bits per heavy atom. The van der Waals surface area contributed by atoms with Crippen molar-refractivity contribution in [2.75, 3.05) is 0 Å². The first kappa shape index (κ1) is 17.0. The van der Waals surface area contributed by atoms with Gasteiger partial charge in [-0.3, -0.25) is 4.79 Å². The average molecular weight is 340 g/mol. The molecule has 0 aliphatic rings. The zero-order chi connectivity index (χ0) is 17.3. The molecular weight excluding hydrogens is 325 g/mol. The van der Waals surface area contributed by atoms with E-state index in [2.05, 4.69) is 11.7 Å². The van der Waals surface area contributed by atoms with Gasteiger partial charge in [0.05, 0.1) is 16.5 Å².